The lowest BCUT2D eigenvalue weighted by molar-refractivity contribution is -0.134. The van der Waals surface area contributed by atoms with Crippen LogP contribution >= 0.6 is 24.0 Å². The molecule has 1 unspecified atom stereocenters. The summed E-state index contributed by atoms with van der Waals surface area (Å²) in [6.07, 6.45) is 1.50. The zero-order valence-electron chi connectivity index (χ0n) is 13.3. The SMILES string of the molecule is C[C@H]1C[C@@H](C(=O)NC(C)(C(N)=O)c2cccc(Cl)c2)CCN1.Cl. The summed E-state index contributed by atoms with van der Waals surface area (Å²) in [4.78, 5) is 24.5. The van der Waals surface area contributed by atoms with Crippen molar-refractivity contribution < 1.29 is 9.59 Å². The van der Waals surface area contributed by atoms with Gasteiger partial charge in [-0.1, -0.05) is 23.7 Å². The summed E-state index contributed by atoms with van der Waals surface area (Å²) < 4.78 is 0. The Morgan fingerprint density at radius 2 is 2.13 bits per heavy atom. The van der Waals surface area contributed by atoms with E-state index in [1.807, 2.05) is 6.92 Å². The van der Waals surface area contributed by atoms with E-state index in [4.69, 9.17) is 17.3 Å². The van der Waals surface area contributed by atoms with E-state index in [-0.39, 0.29) is 30.3 Å². The molecule has 1 aromatic carbocycles. The number of piperidine rings is 1. The average Bonchev–Trinajstić information content (AvgIpc) is 2.46. The number of benzene rings is 1. The molecule has 1 aliphatic rings. The summed E-state index contributed by atoms with van der Waals surface area (Å²) in [6, 6.07) is 7.12. The first kappa shape index (κ1) is 19.7. The average molecular weight is 360 g/mol. The van der Waals surface area contributed by atoms with Crippen LogP contribution in [0.1, 0.15) is 32.3 Å². The third kappa shape index (κ3) is 4.59. The number of halogens is 2. The lowest BCUT2D eigenvalue weighted by Gasteiger charge is -2.33. The van der Waals surface area contributed by atoms with Gasteiger partial charge in [-0.25, -0.2) is 0 Å². The maximum absolute atomic E-state index is 12.5. The van der Waals surface area contributed by atoms with Crippen molar-refractivity contribution >= 4 is 35.8 Å². The number of rotatable bonds is 4. The number of hydrogen-bond acceptors (Lipinski definition) is 3. The molecule has 5 nitrogen and oxygen atoms in total. The molecule has 0 radical (unpaired) electrons. The third-order valence-electron chi connectivity index (χ3n) is 4.26. The van der Waals surface area contributed by atoms with Gasteiger partial charge in [0.2, 0.25) is 11.8 Å². The number of hydrogen-bond donors (Lipinski definition) is 3. The Hall–Kier alpha value is -1.30. The van der Waals surface area contributed by atoms with E-state index in [1.165, 1.54) is 0 Å². The van der Waals surface area contributed by atoms with Crippen LogP contribution < -0.4 is 16.4 Å². The minimum absolute atomic E-state index is 0. The minimum Gasteiger partial charge on any atom is -0.367 e. The number of primary amides is 1. The van der Waals surface area contributed by atoms with Gasteiger partial charge in [0.25, 0.3) is 0 Å². The molecule has 2 amide bonds. The second kappa shape index (κ2) is 7.99. The molecular weight excluding hydrogens is 337 g/mol. The van der Waals surface area contributed by atoms with Crippen LogP contribution in [0.2, 0.25) is 5.02 Å². The Morgan fingerprint density at radius 3 is 2.70 bits per heavy atom. The molecule has 1 saturated heterocycles. The maximum atomic E-state index is 12.5. The first-order valence-electron chi connectivity index (χ1n) is 7.44. The highest BCUT2D eigenvalue weighted by Crippen LogP contribution is 2.25. The zero-order valence-corrected chi connectivity index (χ0v) is 14.8. The molecule has 0 aliphatic carbocycles. The fourth-order valence-electron chi connectivity index (χ4n) is 2.79. The van der Waals surface area contributed by atoms with Gasteiger partial charge < -0.3 is 16.4 Å². The molecule has 3 atom stereocenters. The van der Waals surface area contributed by atoms with Crippen molar-refractivity contribution in [2.75, 3.05) is 6.54 Å². The molecule has 1 fully saturated rings. The summed E-state index contributed by atoms with van der Waals surface area (Å²) in [5, 5.41) is 6.62. The van der Waals surface area contributed by atoms with E-state index in [2.05, 4.69) is 10.6 Å². The highest BCUT2D eigenvalue weighted by atomic mass is 35.5. The van der Waals surface area contributed by atoms with Crippen LogP contribution in [0, 0.1) is 5.92 Å². The Kier molecular flexibility index (Phi) is 6.86. The molecule has 128 valence electrons. The fourth-order valence-corrected chi connectivity index (χ4v) is 2.98. The molecular formula is C16H23Cl2N3O2. The fraction of sp³-hybridized carbons (Fsp3) is 0.500. The van der Waals surface area contributed by atoms with Gasteiger partial charge in [0.15, 0.2) is 0 Å². The summed E-state index contributed by atoms with van der Waals surface area (Å²) in [6.45, 7) is 4.46. The third-order valence-corrected chi connectivity index (χ3v) is 4.50. The topological polar surface area (TPSA) is 84.2 Å². The van der Waals surface area contributed by atoms with E-state index < -0.39 is 11.4 Å². The second-order valence-electron chi connectivity index (χ2n) is 6.07. The molecule has 0 aromatic heterocycles. The normalized spacial score (nSPS) is 23.3. The van der Waals surface area contributed by atoms with Crippen LogP contribution in [0.3, 0.4) is 0 Å². The molecule has 2 rings (SSSR count). The first-order chi connectivity index (χ1) is 10.3. The van der Waals surface area contributed by atoms with Gasteiger partial charge in [0.1, 0.15) is 5.54 Å². The van der Waals surface area contributed by atoms with Crippen LogP contribution in [-0.4, -0.2) is 24.4 Å². The smallest absolute Gasteiger partial charge is 0.247 e. The number of nitrogens with two attached hydrogens (primary N) is 1. The van der Waals surface area contributed by atoms with Gasteiger partial charge in [-0.2, -0.15) is 0 Å². The van der Waals surface area contributed by atoms with Gasteiger partial charge in [-0.05, 0) is 50.9 Å². The highest BCUT2D eigenvalue weighted by Gasteiger charge is 2.37. The van der Waals surface area contributed by atoms with E-state index >= 15 is 0 Å². The van der Waals surface area contributed by atoms with E-state index in [1.54, 1.807) is 31.2 Å². The Labute approximate surface area is 147 Å². The van der Waals surface area contributed by atoms with Crippen molar-refractivity contribution in [3.63, 3.8) is 0 Å². The van der Waals surface area contributed by atoms with Crippen molar-refractivity contribution in [3.05, 3.63) is 34.9 Å². The van der Waals surface area contributed by atoms with Crippen molar-refractivity contribution in [1.82, 2.24) is 10.6 Å². The number of nitrogens with one attached hydrogen (secondary N) is 2. The van der Waals surface area contributed by atoms with Crippen molar-refractivity contribution in [1.29, 1.82) is 0 Å². The van der Waals surface area contributed by atoms with Gasteiger partial charge in [-0.15, -0.1) is 12.4 Å². The van der Waals surface area contributed by atoms with Gasteiger partial charge >= 0.3 is 0 Å². The molecule has 4 N–H and O–H groups in total. The minimum atomic E-state index is -1.27. The van der Waals surface area contributed by atoms with E-state index in [9.17, 15) is 9.59 Å². The number of carbonyl (C=O) groups excluding carboxylic acids is 2. The molecule has 7 heteroatoms. The summed E-state index contributed by atoms with van der Waals surface area (Å²) in [5.41, 5.74) is 4.87. The summed E-state index contributed by atoms with van der Waals surface area (Å²) in [7, 11) is 0. The quantitative estimate of drug-likeness (QED) is 0.768. The van der Waals surface area contributed by atoms with Crippen LogP contribution in [0.5, 0.6) is 0 Å². The molecule has 23 heavy (non-hydrogen) atoms. The number of carbonyl (C=O) groups is 2. The zero-order chi connectivity index (χ0) is 16.3. The molecule has 1 aromatic rings. The van der Waals surface area contributed by atoms with E-state index in [0.29, 0.717) is 10.6 Å². The Morgan fingerprint density at radius 1 is 1.43 bits per heavy atom. The lowest BCUT2D eigenvalue weighted by atomic mass is 9.87. The van der Waals surface area contributed by atoms with Crippen LogP contribution in [0.4, 0.5) is 0 Å². The number of amides is 2. The molecule has 0 spiro atoms. The monoisotopic (exact) mass is 359 g/mol. The van der Waals surface area contributed by atoms with Gasteiger partial charge in [-0.3, -0.25) is 9.59 Å². The molecule has 0 saturated carbocycles. The molecule has 1 aliphatic heterocycles. The van der Waals surface area contributed by atoms with E-state index in [0.717, 1.165) is 19.4 Å². The van der Waals surface area contributed by atoms with Crippen LogP contribution in [0.25, 0.3) is 0 Å². The first-order valence-corrected chi connectivity index (χ1v) is 7.82. The van der Waals surface area contributed by atoms with Crippen LogP contribution in [0.15, 0.2) is 24.3 Å². The van der Waals surface area contributed by atoms with Crippen LogP contribution in [-0.2, 0) is 15.1 Å². The predicted octanol–water partition coefficient (Wildman–Crippen LogP) is 1.97. The molecule has 0 bridgehead atoms. The largest absolute Gasteiger partial charge is 0.367 e. The Bertz CT molecular complexity index is 582. The Balaban J connectivity index is 0.00000264. The summed E-state index contributed by atoms with van der Waals surface area (Å²) >= 11 is 5.99. The summed E-state index contributed by atoms with van der Waals surface area (Å²) in [5.74, 6) is -0.867. The van der Waals surface area contributed by atoms with Crippen molar-refractivity contribution in [2.24, 2.45) is 11.7 Å². The van der Waals surface area contributed by atoms with Crippen molar-refractivity contribution in [3.8, 4) is 0 Å². The van der Waals surface area contributed by atoms with Gasteiger partial charge in [0.05, 0.1) is 0 Å². The highest BCUT2D eigenvalue weighted by molar-refractivity contribution is 6.30. The molecule has 1 heterocycles. The lowest BCUT2D eigenvalue weighted by Crippen LogP contribution is -2.55. The second-order valence-corrected chi connectivity index (χ2v) is 6.50. The van der Waals surface area contributed by atoms with Crippen molar-refractivity contribution in [2.45, 2.75) is 38.3 Å². The van der Waals surface area contributed by atoms with Gasteiger partial charge in [0, 0.05) is 17.0 Å². The predicted molar refractivity (Wildman–Crippen MR) is 93.6 cm³/mol. The maximum Gasteiger partial charge on any atom is 0.247 e. The standard InChI is InChI=1S/C16H22ClN3O2.ClH/c1-10-8-11(6-7-19-10)14(21)20-16(2,15(18)22)12-4-3-5-13(17)9-12;/h3-5,9-11,19H,6-8H2,1-2H3,(H2,18,22)(H,20,21);1H/t10-,11-,16?;/m0./s1.